The second-order valence-electron chi connectivity index (χ2n) is 5.66. The van der Waals surface area contributed by atoms with Gasteiger partial charge >= 0.3 is 5.97 Å². The predicted octanol–water partition coefficient (Wildman–Crippen LogP) is 5.48. The van der Waals surface area contributed by atoms with Crippen molar-refractivity contribution < 1.29 is 19.1 Å². The molecule has 0 spiro atoms. The summed E-state index contributed by atoms with van der Waals surface area (Å²) >= 11 is 23.8. The number of halogens is 4. The van der Waals surface area contributed by atoms with Crippen molar-refractivity contribution in [2.75, 3.05) is 18.5 Å². The molecule has 144 valence electrons. The van der Waals surface area contributed by atoms with Crippen LogP contribution in [0.2, 0.25) is 20.1 Å². The molecular weight excluding hydrogens is 436 g/mol. The number of ether oxygens (including phenoxy) is 2. The predicted molar refractivity (Wildman–Crippen MR) is 107 cm³/mol. The maximum absolute atomic E-state index is 12.0. The molecule has 2 aromatic carbocycles. The molecular formula is C18H15Cl4NO4. The van der Waals surface area contributed by atoms with E-state index in [0.29, 0.717) is 5.75 Å². The number of benzene rings is 2. The Morgan fingerprint density at radius 3 is 2.00 bits per heavy atom. The maximum Gasteiger partial charge on any atom is 0.344 e. The molecule has 5 nitrogen and oxygen atoms in total. The maximum atomic E-state index is 12.0. The first-order valence-electron chi connectivity index (χ1n) is 7.67. The fourth-order valence-electron chi connectivity index (χ4n) is 2.20. The fourth-order valence-corrected chi connectivity index (χ4v) is 3.11. The van der Waals surface area contributed by atoms with Crippen LogP contribution in [0.15, 0.2) is 24.3 Å². The quantitative estimate of drug-likeness (QED) is 0.467. The lowest BCUT2D eigenvalue weighted by molar-refractivity contribution is -0.149. The van der Waals surface area contributed by atoms with Crippen molar-refractivity contribution in [1.82, 2.24) is 0 Å². The van der Waals surface area contributed by atoms with E-state index in [9.17, 15) is 9.59 Å². The summed E-state index contributed by atoms with van der Waals surface area (Å²) in [5.74, 6) is -0.816. The molecule has 0 saturated carbocycles. The van der Waals surface area contributed by atoms with Crippen molar-refractivity contribution in [3.8, 4) is 5.75 Å². The topological polar surface area (TPSA) is 64.6 Å². The summed E-state index contributed by atoms with van der Waals surface area (Å²) in [6.07, 6.45) is 0. The van der Waals surface area contributed by atoms with E-state index in [-0.39, 0.29) is 32.4 Å². The first-order chi connectivity index (χ1) is 12.7. The van der Waals surface area contributed by atoms with Gasteiger partial charge in [-0.1, -0.05) is 52.5 Å². The molecule has 0 saturated heterocycles. The second kappa shape index (κ2) is 9.51. The molecule has 0 unspecified atom stereocenters. The molecule has 0 radical (unpaired) electrons. The number of esters is 1. The van der Waals surface area contributed by atoms with Gasteiger partial charge in [-0.15, -0.1) is 0 Å². The molecule has 9 heteroatoms. The van der Waals surface area contributed by atoms with Crippen LogP contribution in [0.1, 0.15) is 11.1 Å². The Hall–Kier alpha value is -1.66. The van der Waals surface area contributed by atoms with Crippen LogP contribution in [-0.4, -0.2) is 25.1 Å². The van der Waals surface area contributed by atoms with Crippen LogP contribution in [-0.2, 0) is 14.3 Å². The van der Waals surface area contributed by atoms with E-state index in [1.807, 2.05) is 19.9 Å². The monoisotopic (exact) mass is 449 g/mol. The van der Waals surface area contributed by atoms with Crippen LogP contribution in [0, 0.1) is 13.8 Å². The Morgan fingerprint density at radius 1 is 0.889 bits per heavy atom. The van der Waals surface area contributed by atoms with Crippen molar-refractivity contribution >= 4 is 64.0 Å². The Labute approximate surface area is 176 Å². The zero-order valence-corrected chi connectivity index (χ0v) is 17.4. The largest absolute Gasteiger partial charge is 0.482 e. The molecule has 0 aliphatic rings. The van der Waals surface area contributed by atoms with Crippen LogP contribution in [0.25, 0.3) is 0 Å². The smallest absolute Gasteiger partial charge is 0.344 e. The lowest BCUT2D eigenvalue weighted by atomic mass is 10.1. The highest BCUT2D eigenvalue weighted by Gasteiger charge is 2.17. The average Bonchev–Trinajstić information content (AvgIpc) is 2.59. The Kier molecular flexibility index (Phi) is 7.62. The van der Waals surface area contributed by atoms with Gasteiger partial charge in [-0.3, -0.25) is 4.79 Å². The first kappa shape index (κ1) is 21.6. The van der Waals surface area contributed by atoms with Crippen molar-refractivity contribution in [1.29, 1.82) is 0 Å². The number of aryl methyl sites for hydroxylation is 2. The lowest BCUT2D eigenvalue weighted by Crippen LogP contribution is -2.24. The van der Waals surface area contributed by atoms with E-state index in [0.717, 1.165) is 11.1 Å². The highest BCUT2D eigenvalue weighted by Crippen LogP contribution is 2.40. The number of anilines is 1. The number of amides is 1. The molecule has 0 aliphatic carbocycles. The summed E-state index contributed by atoms with van der Waals surface area (Å²) < 4.78 is 10.2. The molecule has 1 N–H and O–H groups in total. The molecule has 2 aromatic rings. The lowest BCUT2D eigenvalue weighted by Gasteiger charge is -2.12. The molecule has 0 heterocycles. The van der Waals surface area contributed by atoms with E-state index in [4.69, 9.17) is 55.9 Å². The zero-order chi connectivity index (χ0) is 20.1. The second-order valence-corrected chi connectivity index (χ2v) is 7.23. The average molecular weight is 451 g/mol. The standard InChI is InChI=1S/C18H15Cl4NO4/c1-9-3-10(2)5-11(4-9)26-8-15(25)27-7-14(24)23-18-16(21)12(19)6-13(20)17(18)22/h3-6H,7-8H2,1-2H3,(H,23,24). The van der Waals surface area contributed by atoms with Crippen LogP contribution in [0.5, 0.6) is 5.75 Å². The van der Waals surface area contributed by atoms with Crippen LogP contribution >= 0.6 is 46.4 Å². The summed E-state index contributed by atoms with van der Waals surface area (Å²) in [5.41, 5.74) is 2.06. The van der Waals surface area contributed by atoms with Gasteiger partial charge in [0.05, 0.1) is 25.8 Å². The van der Waals surface area contributed by atoms with Gasteiger partial charge in [-0.05, 0) is 43.2 Å². The van der Waals surface area contributed by atoms with Gasteiger partial charge in [0.25, 0.3) is 5.91 Å². The van der Waals surface area contributed by atoms with Crippen molar-refractivity contribution in [3.05, 3.63) is 55.5 Å². The van der Waals surface area contributed by atoms with E-state index in [2.05, 4.69) is 5.32 Å². The van der Waals surface area contributed by atoms with Crippen LogP contribution < -0.4 is 10.1 Å². The molecule has 1 amide bonds. The molecule has 0 bridgehead atoms. The zero-order valence-electron chi connectivity index (χ0n) is 14.4. The number of carbonyl (C=O) groups excluding carboxylic acids is 2. The molecule has 0 atom stereocenters. The van der Waals surface area contributed by atoms with Gasteiger partial charge in [0, 0.05) is 0 Å². The Morgan fingerprint density at radius 2 is 1.44 bits per heavy atom. The molecule has 2 rings (SSSR count). The molecule has 0 aliphatic heterocycles. The first-order valence-corrected chi connectivity index (χ1v) is 9.18. The van der Waals surface area contributed by atoms with E-state index in [1.165, 1.54) is 6.07 Å². The highest BCUT2D eigenvalue weighted by molar-refractivity contribution is 6.50. The normalized spacial score (nSPS) is 10.4. The molecule has 27 heavy (non-hydrogen) atoms. The van der Waals surface area contributed by atoms with E-state index < -0.39 is 18.5 Å². The van der Waals surface area contributed by atoms with Gasteiger partial charge in [0.1, 0.15) is 5.75 Å². The fraction of sp³-hybridized carbons (Fsp3) is 0.222. The van der Waals surface area contributed by atoms with Crippen molar-refractivity contribution in [3.63, 3.8) is 0 Å². The summed E-state index contributed by atoms with van der Waals surface area (Å²) in [4.78, 5) is 23.7. The van der Waals surface area contributed by atoms with Gasteiger partial charge in [0.2, 0.25) is 0 Å². The number of carbonyl (C=O) groups is 2. The number of hydrogen-bond donors (Lipinski definition) is 1. The van der Waals surface area contributed by atoms with Crippen molar-refractivity contribution in [2.45, 2.75) is 13.8 Å². The minimum Gasteiger partial charge on any atom is -0.482 e. The Balaban J connectivity index is 1.88. The number of nitrogens with one attached hydrogen (secondary N) is 1. The van der Waals surface area contributed by atoms with Gasteiger partial charge in [-0.2, -0.15) is 0 Å². The summed E-state index contributed by atoms with van der Waals surface area (Å²) in [7, 11) is 0. The molecule has 0 fully saturated rings. The van der Waals surface area contributed by atoms with Crippen LogP contribution in [0.4, 0.5) is 5.69 Å². The van der Waals surface area contributed by atoms with Gasteiger partial charge in [-0.25, -0.2) is 4.79 Å². The summed E-state index contributed by atoms with van der Waals surface area (Å²) in [5, 5.41) is 2.73. The molecule has 0 aromatic heterocycles. The third-order valence-corrected chi connectivity index (χ3v) is 4.87. The Bertz CT molecular complexity index is 840. The van der Waals surface area contributed by atoms with E-state index >= 15 is 0 Å². The number of rotatable bonds is 6. The van der Waals surface area contributed by atoms with Crippen molar-refractivity contribution in [2.24, 2.45) is 0 Å². The van der Waals surface area contributed by atoms with Gasteiger partial charge < -0.3 is 14.8 Å². The van der Waals surface area contributed by atoms with Gasteiger partial charge in [0.15, 0.2) is 13.2 Å². The minimum atomic E-state index is -0.703. The minimum absolute atomic E-state index is 0.0314. The summed E-state index contributed by atoms with van der Waals surface area (Å²) in [6.45, 7) is 2.95. The SMILES string of the molecule is Cc1cc(C)cc(OCC(=O)OCC(=O)Nc2c(Cl)c(Cl)cc(Cl)c2Cl)c1. The summed E-state index contributed by atoms with van der Waals surface area (Å²) in [6, 6.07) is 6.92. The third kappa shape index (κ3) is 6.18. The van der Waals surface area contributed by atoms with E-state index in [1.54, 1.807) is 12.1 Å². The third-order valence-electron chi connectivity index (χ3n) is 3.29. The highest BCUT2D eigenvalue weighted by atomic mass is 35.5. The number of hydrogen-bond acceptors (Lipinski definition) is 4. The van der Waals surface area contributed by atoms with Crippen LogP contribution in [0.3, 0.4) is 0 Å².